The molecule has 0 amide bonds. The molecule has 0 fully saturated rings. The molecule has 0 aliphatic heterocycles. The Balaban J connectivity index is 2.41. The largest absolute Gasteiger partial charge is 0.573 e. The molecule has 87 valence electrons. The molecule has 0 aliphatic carbocycles. The first-order valence-electron chi connectivity index (χ1n) is 4.73. The molecule has 0 spiro atoms. The predicted octanol–water partition coefficient (Wildman–Crippen LogP) is 3.45. The zero-order valence-corrected chi connectivity index (χ0v) is 8.53. The summed E-state index contributed by atoms with van der Waals surface area (Å²) in [5.74, 6) is -0.248. The highest BCUT2D eigenvalue weighted by molar-refractivity contribution is 5.69. The highest BCUT2D eigenvalue weighted by Gasteiger charge is 2.32. The third-order valence-corrected chi connectivity index (χ3v) is 2.02. The van der Waals surface area contributed by atoms with Gasteiger partial charge in [0.25, 0.3) is 0 Å². The van der Waals surface area contributed by atoms with Gasteiger partial charge in [-0.05, 0) is 17.7 Å². The summed E-state index contributed by atoms with van der Waals surface area (Å²) in [4.78, 5) is 3.76. The summed E-state index contributed by atoms with van der Waals surface area (Å²) in [5, 5.41) is 0. The van der Waals surface area contributed by atoms with Gasteiger partial charge < -0.3 is 4.74 Å². The van der Waals surface area contributed by atoms with Gasteiger partial charge >= 0.3 is 6.36 Å². The van der Waals surface area contributed by atoms with Gasteiger partial charge in [-0.3, -0.25) is 4.98 Å². The van der Waals surface area contributed by atoms with Crippen molar-refractivity contribution in [3.63, 3.8) is 0 Å². The summed E-state index contributed by atoms with van der Waals surface area (Å²) in [6, 6.07) is 10.2. The number of hydrogen-bond acceptors (Lipinski definition) is 2. The van der Waals surface area contributed by atoms with Crippen molar-refractivity contribution in [1.82, 2.24) is 4.98 Å². The highest BCUT2D eigenvalue weighted by atomic mass is 19.4. The van der Waals surface area contributed by atoms with Crippen molar-refractivity contribution in [2.45, 2.75) is 6.36 Å². The molecule has 0 N–H and O–H groups in total. The third-order valence-electron chi connectivity index (χ3n) is 2.02. The van der Waals surface area contributed by atoms with Crippen molar-refractivity contribution in [2.24, 2.45) is 0 Å². The number of alkyl halides is 3. The number of halogens is 3. The average Bonchev–Trinajstić information content (AvgIpc) is 2.29. The molecule has 1 aromatic heterocycles. The first-order chi connectivity index (χ1) is 8.06. The van der Waals surface area contributed by atoms with Crippen LogP contribution in [0.4, 0.5) is 13.2 Å². The van der Waals surface area contributed by atoms with Gasteiger partial charge in [-0.15, -0.1) is 13.2 Å². The maximum atomic E-state index is 12.2. The van der Waals surface area contributed by atoms with Gasteiger partial charge in [0.15, 0.2) is 0 Å². The lowest BCUT2D eigenvalue weighted by Crippen LogP contribution is -2.17. The SMILES string of the molecule is FC(F)(F)Oc1ccccc1-c1[c]cncc1. The van der Waals surface area contributed by atoms with Gasteiger partial charge in [0.1, 0.15) is 5.75 Å². The first-order valence-corrected chi connectivity index (χ1v) is 4.73. The van der Waals surface area contributed by atoms with Crippen molar-refractivity contribution in [1.29, 1.82) is 0 Å². The van der Waals surface area contributed by atoms with E-state index in [1.54, 1.807) is 12.1 Å². The Morgan fingerprint density at radius 3 is 2.53 bits per heavy atom. The first kappa shape index (κ1) is 11.4. The molecule has 0 atom stereocenters. The van der Waals surface area contributed by atoms with Crippen molar-refractivity contribution < 1.29 is 17.9 Å². The molecular formula is C12H7F3NO. The molecule has 5 heteroatoms. The fourth-order valence-corrected chi connectivity index (χ4v) is 1.39. The number of pyridine rings is 1. The minimum Gasteiger partial charge on any atom is -0.405 e. The molecule has 0 unspecified atom stereocenters. The average molecular weight is 238 g/mol. The number of hydrogen-bond donors (Lipinski definition) is 0. The summed E-state index contributed by atoms with van der Waals surface area (Å²) in [6.45, 7) is 0. The predicted molar refractivity (Wildman–Crippen MR) is 55.2 cm³/mol. The van der Waals surface area contributed by atoms with Crippen molar-refractivity contribution in [3.05, 3.63) is 48.8 Å². The number of ether oxygens (including phenoxy) is 1. The van der Waals surface area contributed by atoms with Crippen LogP contribution in [0.5, 0.6) is 5.75 Å². The lowest BCUT2D eigenvalue weighted by molar-refractivity contribution is -0.274. The van der Waals surface area contributed by atoms with Gasteiger partial charge in [0.05, 0.1) is 0 Å². The van der Waals surface area contributed by atoms with E-state index in [9.17, 15) is 13.2 Å². The Bertz CT molecular complexity index is 497. The summed E-state index contributed by atoms with van der Waals surface area (Å²) in [7, 11) is 0. The number of benzene rings is 1. The molecular weight excluding hydrogens is 231 g/mol. The van der Waals surface area contributed by atoms with Crippen LogP contribution in [0.1, 0.15) is 0 Å². The van der Waals surface area contributed by atoms with E-state index < -0.39 is 6.36 Å². The Kier molecular flexibility index (Phi) is 2.99. The highest BCUT2D eigenvalue weighted by Crippen LogP contribution is 2.32. The molecule has 0 saturated heterocycles. The number of nitrogens with zero attached hydrogens (tertiary/aromatic N) is 1. The summed E-state index contributed by atoms with van der Waals surface area (Å²) >= 11 is 0. The van der Waals surface area contributed by atoms with Crippen molar-refractivity contribution in [2.75, 3.05) is 0 Å². The fourth-order valence-electron chi connectivity index (χ4n) is 1.39. The van der Waals surface area contributed by atoms with Crippen LogP contribution >= 0.6 is 0 Å². The molecule has 1 heterocycles. The molecule has 0 saturated carbocycles. The number of para-hydroxylation sites is 1. The monoisotopic (exact) mass is 238 g/mol. The van der Waals surface area contributed by atoms with Crippen molar-refractivity contribution >= 4 is 0 Å². The zero-order chi connectivity index (χ0) is 12.3. The van der Waals surface area contributed by atoms with Gasteiger partial charge in [-0.1, -0.05) is 18.2 Å². The molecule has 0 aliphatic rings. The normalized spacial score (nSPS) is 11.2. The van der Waals surface area contributed by atoms with E-state index in [2.05, 4.69) is 15.8 Å². The third kappa shape index (κ3) is 2.96. The Labute approximate surface area is 95.7 Å². The summed E-state index contributed by atoms with van der Waals surface area (Å²) in [5.41, 5.74) is 0.826. The van der Waals surface area contributed by atoms with E-state index in [0.29, 0.717) is 11.1 Å². The Morgan fingerprint density at radius 2 is 1.88 bits per heavy atom. The van der Waals surface area contributed by atoms with Gasteiger partial charge in [0.2, 0.25) is 0 Å². The number of rotatable bonds is 2. The van der Waals surface area contributed by atoms with Crippen LogP contribution in [0.2, 0.25) is 0 Å². The second-order valence-corrected chi connectivity index (χ2v) is 3.20. The molecule has 2 rings (SSSR count). The Morgan fingerprint density at radius 1 is 1.12 bits per heavy atom. The topological polar surface area (TPSA) is 22.1 Å². The maximum absolute atomic E-state index is 12.2. The summed E-state index contributed by atoms with van der Waals surface area (Å²) in [6.07, 6.45) is -1.83. The summed E-state index contributed by atoms with van der Waals surface area (Å²) < 4.78 is 40.5. The second kappa shape index (κ2) is 4.45. The van der Waals surface area contributed by atoms with Crippen molar-refractivity contribution in [3.8, 4) is 16.9 Å². The van der Waals surface area contributed by atoms with E-state index in [0.717, 1.165) is 0 Å². The van der Waals surface area contributed by atoms with Crippen LogP contribution in [0.25, 0.3) is 11.1 Å². The second-order valence-electron chi connectivity index (χ2n) is 3.20. The molecule has 0 bridgehead atoms. The minimum atomic E-state index is -4.71. The maximum Gasteiger partial charge on any atom is 0.573 e. The standard InChI is InChI=1S/C12H7F3NO/c13-12(14,15)17-11-4-2-1-3-10(11)9-5-7-16-8-6-9/h1-5,7-8H. The van der Waals surface area contributed by atoms with Crippen LogP contribution in [0.15, 0.2) is 42.7 Å². The van der Waals surface area contributed by atoms with E-state index in [-0.39, 0.29) is 5.75 Å². The molecule has 1 aromatic carbocycles. The van der Waals surface area contributed by atoms with E-state index >= 15 is 0 Å². The van der Waals surface area contributed by atoms with Gasteiger partial charge in [0, 0.05) is 24.0 Å². The fraction of sp³-hybridized carbons (Fsp3) is 0.0833. The lowest BCUT2D eigenvalue weighted by Gasteiger charge is -2.12. The van der Waals surface area contributed by atoms with Crippen LogP contribution < -0.4 is 4.74 Å². The van der Waals surface area contributed by atoms with E-state index in [4.69, 9.17) is 0 Å². The zero-order valence-electron chi connectivity index (χ0n) is 8.53. The van der Waals surface area contributed by atoms with Crippen LogP contribution in [-0.4, -0.2) is 11.3 Å². The van der Waals surface area contributed by atoms with Crippen LogP contribution in [0.3, 0.4) is 0 Å². The Hall–Kier alpha value is -2.04. The van der Waals surface area contributed by atoms with E-state index in [1.165, 1.54) is 30.6 Å². The van der Waals surface area contributed by atoms with Gasteiger partial charge in [-0.2, -0.15) is 0 Å². The van der Waals surface area contributed by atoms with E-state index in [1.807, 2.05) is 0 Å². The molecule has 17 heavy (non-hydrogen) atoms. The minimum absolute atomic E-state index is 0.248. The molecule has 1 radical (unpaired) electrons. The molecule has 2 nitrogen and oxygen atoms in total. The molecule has 2 aromatic rings. The smallest absolute Gasteiger partial charge is 0.405 e. The quantitative estimate of drug-likeness (QED) is 0.799. The number of aromatic nitrogens is 1. The lowest BCUT2D eigenvalue weighted by atomic mass is 10.1. The van der Waals surface area contributed by atoms with Crippen LogP contribution in [0, 0.1) is 6.07 Å². The van der Waals surface area contributed by atoms with Crippen LogP contribution in [-0.2, 0) is 0 Å². The van der Waals surface area contributed by atoms with Gasteiger partial charge in [-0.25, -0.2) is 0 Å².